The van der Waals surface area contributed by atoms with Gasteiger partial charge in [-0.1, -0.05) is 38.1 Å². The zero-order valence-electron chi connectivity index (χ0n) is 16.4. The third-order valence-corrected chi connectivity index (χ3v) is 8.56. The van der Waals surface area contributed by atoms with Crippen molar-refractivity contribution in [2.75, 3.05) is 24.1 Å². The molecular formula is C21H26N2O3S2. The van der Waals surface area contributed by atoms with Crippen molar-refractivity contribution in [1.29, 1.82) is 0 Å². The highest BCUT2D eigenvalue weighted by molar-refractivity contribution is 7.99. The molecule has 0 fully saturated rings. The number of hydrogen-bond donors (Lipinski definition) is 2. The third kappa shape index (κ3) is 3.19. The summed E-state index contributed by atoms with van der Waals surface area (Å²) in [4.78, 5) is 1.21. The van der Waals surface area contributed by atoms with Crippen LogP contribution >= 0.6 is 11.8 Å². The van der Waals surface area contributed by atoms with Crippen LogP contribution in [0, 0.1) is 5.92 Å². The number of hydrogen-bond acceptors (Lipinski definition) is 6. The van der Waals surface area contributed by atoms with Gasteiger partial charge in [0.05, 0.1) is 29.7 Å². The Labute approximate surface area is 171 Å². The molecule has 28 heavy (non-hydrogen) atoms. The molecule has 0 aromatic heterocycles. The maximum atomic E-state index is 12.0. The van der Waals surface area contributed by atoms with Gasteiger partial charge < -0.3 is 15.8 Å². The summed E-state index contributed by atoms with van der Waals surface area (Å²) in [6.07, 6.45) is 0. The summed E-state index contributed by atoms with van der Waals surface area (Å²) >= 11 is 1.84. The second kappa shape index (κ2) is 6.97. The highest BCUT2D eigenvalue weighted by Gasteiger charge is 2.46. The Morgan fingerprint density at radius 1 is 1.29 bits per heavy atom. The molecule has 0 saturated carbocycles. The van der Waals surface area contributed by atoms with Crippen molar-refractivity contribution in [1.82, 2.24) is 0 Å². The van der Waals surface area contributed by atoms with Gasteiger partial charge in [-0.25, -0.2) is 8.42 Å². The zero-order chi connectivity index (χ0) is 20.1. The maximum Gasteiger partial charge on any atom is 0.167 e. The van der Waals surface area contributed by atoms with Gasteiger partial charge in [-0.3, -0.25) is 0 Å². The van der Waals surface area contributed by atoms with E-state index in [0.717, 1.165) is 22.8 Å². The largest absolute Gasteiger partial charge is 0.496 e. The summed E-state index contributed by atoms with van der Waals surface area (Å²) in [5, 5.41) is 3.72. The smallest absolute Gasteiger partial charge is 0.167 e. The summed E-state index contributed by atoms with van der Waals surface area (Å²) < 4.78 is 29.5. The molecule has 0 radical (unpaired) electrons. The number of benzene rings is 2. The van der Waals surface area contributed by atoms with Crippen molar-refractivity contribution < 1.29 is 13.2 Å². The monoisotopic (exact) mass is 418 g/mol. The van der Waals surface area contributed by atoms with Gasteiger partial charge in [0.1, 0.15) is 5.75 Å². The van der Waals surface area contributed by atoms with Crippen LogP contribution in [0.1, 0.15) is 36.6 Å². The molecule has 4 rings (SSSR count). The van der Waals surface area contributed by atoms with E-state index in [1.807, 2.05) is 42.1 Å². The first-order valence-electron chi connectivity index (χ1n) is 9.37. The van der Waals surface area contributed by atoms with E-state index in [9.17, 15) is 8.42 Å². The average Bonchev–Trinajstić information content (AvgIpc) is 2.67. The van der Waals surface area contributed by atoms with Crippen molar-refractivity contribution in [3.05, 3.63) is 53.1 Å². The molecule has 2 aliphatic heterocycles. The van der Waals surface area contributed by atoms with Crippen LogP contribution < -0.4 is 15.8 Å². The summed E-state index contributed by atoms with van der Waals surface area (Å²) in [7, 11) is -1.55. The summed E-state index contributed by atoms with van der Waals surface area (Å²) in [5.74, 6) is 1.93. The van der Waals surface area contributed by atoms with Crippen LogP contribution in [0.5, 0.6) is 5.75 Å². The van der Waals surface area contributed by atoms with Crippen LogP contribution in [0.3, 0.4) is 0 Å². The first-order valence-corrected chi connectivity index (χ1v) is 12.2. The van der Waals surface area contributed by atoms with Crippen molar-refractivity contribution in [3.63, 3.8) is 0 Å². The van der Waals surface area contributed by atoms with Crippen LogP contribution in [0.25, 0.3) is 0 Å². The van der Waals surface area contributed by atoms with E-state index < -0.39 is 9.84 Å². The minimum Gasteiger partial charge on any atom is -0.496 e. The average molecular weight is 419 g/mol. The molecule has 7 heteroatoms. The third-order valence-electron chi connectivity index (χ3n) is 6.03. The number of thioether (sulfide) groups is 1. The standard InChI is InChI=1S/C21H26N2O3S2/c1-21(2)15-9-13(11-28(24,25)12-22)7-8-17(15)23-19-14-5-4-6-18(26-3)20(14)27-10-16(19)21/h4-9,16,19,23H,10-12,22H2,1-3H3. The van der Waals surface area contributed by atoms with Crippen LogP contribution in [0.4, 0.5) is 5.69 Å². The Balaban J connectivity index is 1.76. The predicted molar refractivity (Wildman–Crippen MR) is 115 cm³/mol. The van der Waals surface area contributed by atoms with Gasteiger partial charge in [-0.2, -0.15) is 0 Å². The second-order valence-corrected chi connectivity index (χ2v) is 11.2. The first-order chi connectivity index (χ1) is 13.3. The molecule has 2 aromatic rings. The van der Waals surface area contributed by atoms with E-state index in [4.69, 9.17) is 10.5 Å². The maximum absolute atomic E-state index is 12.0. The lowest BCUT2D eigenvalue weighted by atomic mass is 9.66. The fourth-order valence-electron chi connectivity index (χ4n) is 4.40. The lowest BCUT2D eigenvalue weighted by Gasteiger charge is -2.49. The SMILES string of the molecule is COc1cccc2c1SCC1C2Nc2ccc(CS(=O)(=O)CN)cc2C1(C)C. The number of ether oxygens (including phenoxy) is 1. The van der Waals surface area contributed by atoms with Gasteiger partial charge in [0.15, 0.2) is 9.84 Å². The molecule has 0 spiro atoms. The van der Waals surface area contributed by atoms with E-state index in [1.54, 1.807) is 7.11 Å². The highest BCUT2D eigenvalue weighted by atomic mass is 32.2. The molecule has 3 N–H and O–H groups in total. The molecule has 0 aliphatic carbocycles. The number of anilines is 1. The Bertz CT molecular complexity index is 1020. The van der Waals surface area contributed by atoms with Gasteiger partial charge in [0.25, 0.3) is 0 Å². The van der Waals surface area contributed by atoms with E-state index in [2.05, 4.69) is 25.2 Å². The van der Waals surface area contributed by atoms with Crippen molar-refractivity contribution in [3.8, 4) is 5.75 Å². The number of methoxy groups -OCH3 is 1. The minimum absolute atomic E-state index is 0.0181. The fourth-order valence-corrected chi connectivity index (χ4v) is 6.82. The van der Waals surface area contributed by atoms with Crippen LogP contribution in [0.15, 0.2) is 41.3 Å². The number of fused-ring (bicyclic) bond motifs is 4. The van der Waals surface area contributed by atoms with E-state index in [1.165, 1.54) is 16.0 Å². The predicted octanol–water partition coefficient (Wildman–Crippen LogP) is 3.69. The Kier molecular flexibility index (Phi) is 4.88. The molecule has 2 heterocycles. The molecule has 5 nitrogen and oxygen atoms in total. The highest BCUT2D eigenvalue weighted by Crippen LogP contribution is 2.55. The summed E-state index contributed by atoms with van der Waals surface area (Å²) in [5.41, 5.74) is 9.60. The van der Waals surface area contributed by atoms with Gasteiger partial charge in [-0.05, 0) is 34.2 Å². The number of nitrogens with two attached hydrogens (primary N) is 1. The quantitative estimate of drug-likeness (QED) is 0.788. The Morgan fingerprint density at radius 2 is 2.07 bits per heavy atom. The molecule has 2 aromatic carbocycles. The normalized spacial score (nSPS) is 22.4. The van der Waals surface area contributed by atoms with Crippen molar-refractivity contribution >= 4 is 27.3 Å². The number of nitrogens with one attached hydrogen (secondary N) is 1. The van der Waals surface area contributed by atoms with E-state index in [0.29, 0.717) is 5.92 Å². The lowest BCUT2D eigenvalue weighted by Crippen LogP contribution is -2.44. The molecule has 2 atom stereocenters. The Hall–Kier alpha value is -1.70. The van der Waals surface area contributed by atoms with Crippen molar-refractivity contribution in [2.45, 2.75) is 36.0 Å². The molecule has 0 amide bonds. The molecular weight excluding hydrogens is 392 g/mol. The Morgan fingerprint density at radius 3 is 2.79 bits per heavy atom. The van der Waals surface area contributed by atoms with Gasteiger partial charge in [0.2, 0.25) is 0 Å². The summed E-state index contributed by atoms with van der Waals surface area (Å²) in [6.45, 7) is 4.52. The van der Waals surface area contributed by atoms with Crippen LogP contribution in [-0.2, 0) is 21.0 Å². The van der Waals surface area contributed by atoms with Crippen LogP contribution in [0.2, 0.25) is 0 Å². The van der Waals surface area contributed by atoms with E-state index >= 15 is 0 Å². The topological polar surface area (TPSA) is 81.4 Å². The first kappa shape index (κ1) is 19.6. The van der Waals surface area contributed by atoms with Crippen molar-refractivity contribution in [2.24, 2.45) is 11.7 Å². The van der Waals surface area contributed by atoms with Gasteiger partial charge in [-0.15, -0.1) is 11.8 Å². The molecule has 2 aliphatic rings. The molecule has 2 unspecified atom stereocenters. The number of rotatable bonds is 4. The van der Waals surface area contributed by atoms with E-state index in [-0.39, 0.29) is 23.1 Å². The molecule has 0 bridgehead atoms. The van der Waals surface area contributed by atoms with Crippen LogP contribution in [-0.4, -0.2) is 27.2 Å². The second-order valence-electron chi connectivity index (χ2n) is 8.07. The van der Waals surface area contributed by atoms with Gasteiger partial charge >= 0.3 is 0 Å². The number of sulfone groups is 1. The zero-order valence-corrected chi connectivity index (χ0v) is 18.0. The molecule has 0 saturated heterocycles. The lowest BCUT2D eigenvalue weighted by molar-refractivity contribution is 0.291. The summed E-state index contributed by atoms with van der Waals surface area (Å²) in [6, 6.07) is 12.4. The molecule has 150 valence electrons. The fraction of sp³-hybridized carbons (Fsp3) is 0.429. The van der Waals surface area contributed by atoms with Gasteiger partial charge in [0, 0.05) is 17.4 Å². The minimum atomic E-state index is -3.27.